The van der Waals surface area contributed by atoms with Crippen LogP contribution >= 0.6 is 15.9 Å². The monoisotopic (exact) mass is 263 g/mol. The molecule has 72 valence electrons. The molecule has 1 heterocycles. The standard InChI is InChI=1S/C8H10BrNO2S/c1-13(11,12)3-2-7-4-8(9)6-10-5-7/h4-6H,2-3H2,1H3. The van der Waals surface area contributed by atoms with Gasteiger partial charge in [-0.2, -0.15) is 0 Å². The zero-order valence-corrected chi connectivity index (χ0v) is 9.60. The van der Waals surface area contributed by atoms with E-state index in [9.17, 15) is 8.42 Å². The van der Waals surface area contributed by atoms with Gasteiger partial charge in [-0.05, 0) is 34.0 Å². The Bertz CT molecular complexity index is 389. The number of pyridine rings is 1. The molecule has 1 aromatic rings. The van der Waals surface area contributed by atoms with Gasteiger partial charge in [0.05, 0.1) is 5.75 Å². The van der Waals surface area contributed by atoms with Crippen LogP contribution in [-0.2, 0) is 16.3 Å². The predicted octanol–water partition coefficient (Wildman–Crippen LogP) is 1.43. The zero-order chi connectivity index (χ0) is 9.90. The smallest absolute Gasteiger partial charge is 0.147 e. The molecule has 0 bridgehead atoms. The van der Waals surface area contributed by atoms with Crippen LogP contribution in [0.15, 0.2) is 22.9 Å². The molecule has 13 heavy (non-hydrogen) atoms. The number of hydrogen-bond donors (Lipinski definition) is 0. The molecule has 5 heteroatoms. The van der Waals surface area contributed by atoms with Gasteiger partial charge in [0.2, 0.25) is 0 Å². The first-order valence-corrected chi connectivity index (χ1v) is 6.60. The van der Waals surface area contributed by atoms with Crippen molar-refractivity contribution in [3.63, 3.8) is 0 Å². The Labute approximate surface area is 86.2 Å². The van der Waals surface area contributed by atoms with E-state index >= 15 is 0 Å². The highest BCUT2D eigenvalue weighted by atomic mass is 79.9. The van der Waals surface area contributed by atoms with E-state index in [1.807, 2.05) is 6.07 Å². The van der Waals surface area contributed by atoms with Crippen LogP contribution < -0.4 is 0 Å². The number of rotatable bonds is 3. The predicted molar refractivity (Wildman–Crippen MR) is 55.4 cm³/mol. The summed E-state index contributed by atoms with van der Waals surface area (Å²) in [5, 5.41) is 0. The van der Waals surface area contributed by atoms with E-state index < -0.39 is 9.84 Å². The molecule has 0 unspecified atom stereocenters. The number of halogens is 1. The number of aryl methyl sites for hydroxylation is 1. The molecule has 0 amide bonds. The van der Waals surface area contributed by atoms with E-state index in [1.54, 1.807) is 12.4 Å². The van der Waals surface area contributed by atoms with Crippen LogP contribution in [-0.4, -0.2) is 25.4 Å². The summed E-state index contributed by atoms with van der Waals surface area (Å²) in [6.45, 7) is 0. The largest absolute Gasteiger partial charge is 0.263 e. The molecule has 0 aromatic carbocycles. The first-order valence-electron chi connectivity index (χ1n) is 3.74. The molecule has 0 fully saturated rings. The van der Waals surface area contributed by atoms with Crippen molar-refractivity contribution in [1.82, 2.24) is 4.98 Å². The first-order chi connectivity index (χ1) is 5.97. The van der Waals surface area contributed by atoms with Gasteiger partial charge in [0.25, 0.3) is 0 Å². The van der Waals surface area contributed by atoms with E-state index in [4.69, 9.17) is 0 Å². The summed E-state index contributed by atoms with van der Waals surface area (Å²) in [5.74, 6) is 0.172. The molecule has 0 atom stereocenters. The molecule has 0 saturated heterocycles. The lowest BCUT2D eigenvalue weighted by molar-refractivity contribution is 0.601. The van der Waals surface area contributed by atoms with Crippen LogP contribution in [0, 0.1) is 0 Å². The van der Waals surface area contributed by atoms with Crippen molar-refractivity contribution in [3.8, 4) is 0 Å². The van der Waals surface area contributed by atoms with Crippen molar-refractivity contribution >= 4 is 25.8 Å². The van der Waals surface area contributed by atoms with Crippen molar-refractivity contribution in [2.45, 2.75) is 6.42 Å². The van der Waals surface area contributed by atoms with Crippen molar-refractivity contribution < 1.29 is 8.42 Å². The summed E-state index contributed by atoms with van der Waals surface area (Å²) < 4.78 is 22.6. The van der Waals surface area contributed by atoms with Crippen molar-refractivity contribution in [1.29, 1.82) is 0 Å². The maximum atomic E-state index is 10.9. The van der Waals surface area contributed by atoms with E-state index in [0.717, 1.165) is 10.0 Å². The quantitative estimate of drug-likeness (QED) is 0.829. The Morgan fingerprint density at radius 1 is 1.46 bits per heavy atom. The normalized spacial score (nSPS) is 11.5. The molecule has 0 aliphatic heterocycles. The van der Waals surface area contributed by atoms with Crippen molar-refractivity contribution in [2.75, 3.05) is 12.0 Å². The van der Waals surface area contributed by atoms with Gasteiger partial charge in [0.15, 0.2) is 0 Å². The van der Waals surface area contributed by atoms with Crippen molar-refractivity contribution in [2.24, 2.45) is 0 Å². The third kappa shape index (κ3) is 4.38. The van der Waals surface area contributed by atoms with Crippen LogP contribution in [0.2, 0.25) is 0 Å². The third-order valence-electron chi connectivity index (χ3n) is 1.52. The zero-order valence-electron chi connectivity index (χ0n) is 7.20. The topological polar surface area (TPSA) is 47.0 Å². The minimum Gasteiger partial charge on any atom is -0.263 e. The summed E-state index contributed by atoms with van der Waals surface area (Å²) in [4.78, 5) is 3.94. The number of hydrogen-bond acceptors (Lipinski definition) is 3. The highest BCUT2D eigenvalue weighted by Gasteiger charge is 2.03. The minimum absolute atomic E-state index is 0.172. The number of nitrogens with zero attached hydrogens (tertiary/aromatic N) is 1. The molecule has 1 rings (SSSR count). The summed E-state index contributed by atoms with van der Waals surface area (Å²) >= 11 is 3.27. The van der Waals surface area contributed by atoms with Gasteiger partial charge in [-0.1, -0.05) is 0 Å². The first kappa shape index (κ1) is 10.7. The van der Waals surface area contributed by atoms with Gasteiger partial charge >= 0.3 is 0 Å². The molecule has 0 aliphatic rings. The molecule has 0 N–H and O–H groups in total. The maximum absolute atomic E-state index is 10.9. The van der Waals surface area contributed by atoms with E-state index in [2.05, 4.69) is 20.9 Å². The molecular formula is C8H10BrNO2S. The van der Waals surface area contributed by atoms with Crippen LogP contribution in [0.25, 0.3) is 0 Å². The molecule has 0 radical (unpaired) electrons. The second-order valence-corrected chi connectivity index (χ2v) is 6.07. The highest BCUT2D eigenvalue weighted by Crippen LogP contribution is 2.10. The van der Waals surface area contributed by atoms with Crippen LogP contribution in [0.5, 0.6) is 0 Å². The lowest BCUT2D eigenvalue weighted by Crippen LogP contribution is -2.05. The highest BCUT2D eigenvalue weighted by molar-refractivity contribution is 9.10. The van der Waals surface area contributed by atoms with E-state index in [-0.39, 0.29) is 5.75 Å². The van der Waals surface area contributed by atoms with Crippen LogP contribution in [0.3, 0.4) is 0 Å². The fourth-order valence-corrected chi connectivity index (χ4v) is 1.91. The van der Waals surface area contributed by atoms with E-state index in [1.165, 1.54) is 6.26 Å². The number of sulfone groups is 1. The Kier molecular flexibility index (Phi) is 3.44. The van der Waals surface area contributed by atoms with Crippen LogP contribution in [0.4, 0.5) is 0 Å². The average Bonchev–Trinajstić information content (AvgIpc) is 2.00. The fourth-order valence-electron chi connectivity index (χ4n) is 0.896. The van der Waals surface area contributed by atoms with Gasteiger partial charge in [-0.3, -0.25) is 4.98 Å². The number of aromatic nitrogens is 1. The lowest BCUT2D eigenvalue weighted by Gasteiger charge is -1.99. The van der Waals surface area contributed by atoms with Crippen molar-refractivity contribution in [3.05, 3.63) is 28.5 Å². The third-order valence-corrected chi connectivity index (χ3v) is 2.90. The SMILES string of the molecule is CS(=O)(=O)CCc1cncc(Br)c1. The minimum atomic E-state index is -2.88. The summed E-state index contributed by atoms with van der Waals surface area (Å²) in [7, 11) is -2.88. The molecule has 0 spiro atoms. The summed E-state index contributed by atoms with van der Waals surface area (Å²) in [6.07, 6.45) is 5.10. The van der Waals surface area contributed by atoms with Gasteiger partial charge in [0.1, 0.15) is 9.84 Å². The van der Waals surface area contributed by atoms with Gasteiger partial charge in [-0.15, -0.1) is 0 Å². The maximum Gasteiger partial charge on any atom is 0.147 e. The molecular weight excluding hydrogens is 254 g/mol. The summed E-state index contributed by atoms with van der Waals surface area (Å²) in [6, 6.07) is 1.87. The van der Waals surface area contributed by atoms with Gasteiger partial charge < -0.3 is 0 Å². The van der Waals surface area contributed by atoms with Crippen LogP contribution in [0.1, 0.15) is 5.56 Å². The molecule has 0 aliphatic carbocycles. The second-order valence-electron chi connectivity index (χ2n) is 2.89. The average molecular weight is 264 g/mol. The van der Waals surface area contributed by atoms with Gasteiger partial charge in [0, 0.05) is 23.1 Å². The Hall–Kier alpha value is -0.420. The Morgan fingerprint density at radius 2 is 2.15 bits per heavy atom. The molecule has 3 nitrogen and oxygen atoms in total. The fraction of sp³-hybridized carbons (Fsp3) is 0.375. The second kappa shape index (κ2) is 4.19. The Balaban J connectivity index is 2.65. The lowest BCUT2D eigenvalue weighted by atomic mass is 10.2. The molecule has 0 saturated carbocycles. The molecule has 1 aromatic heterocycles. The van der Waals surface area contributed by atoms with Gasteiger partial charge in [-0.25, -0.2) is 8.42 Å². The Morgan fingerprint density at radius 3 is 2.69 bits per heavy atom. The summed E-state index contributed by atoms with van der Waals surface area (Å²) in [5.41, 5.74) is 0.930. The van der Waals surface area contributed by atoms with E-state index in [0.29, 0.717) is 6.42 Å².